The number of rotatable bonds is 3. The third-order valence-corrected chi connectivity index (χ3v) is 3.54. The van der Waals surface area contributed by atoms with Crippen LogP contribution in [-0.2, 0) is 12.0 Å². The van der Waals surface area contributed by atoms with E-state index in [2.05, 4.69) is 4.98 Å². The van der Waals surface area contributed by atoms with Crippen molar-refractivity contribution in [2.75, 3.05) is 0 Å². The normalized spacial score (nSPS) is 16.4. The molecule has 1 aromatic heterocycles. The zero-order chi connectivity index (χ0) is 11.7. The maximum atomic E-state index is 12.6. The van der Waals surface area contributed by atoms with E-state index in [9.17, 15) is 18.3 Å². The summed E-state index contributed by atoms with van der Waals surface area (Å²) < 4.78 is 37.9. The molecule has 6 heteroatoms. The van der Waals surface area contributed by atoms with Gasteiger partial charge in [-0.25, -0.2) is 4.98 Å². The van der Waals surface area contributed by atoms with E-state index in [-0.39, 0.29) is 4.88 Å². The number of nitrogens with zero attached hydrogens (tertiary/aromatic N) is 1. The summed E-state index contributed by atoms with van der Waals surface area (Å²) in [5, 5.41) is 10.2. The molecular weight excluding hydrogens is 227 g/mol. The van der Waals surface area contributed by atoms with Crippen LogP contribution in [0.15, 0.2) is 6.20 Å². The van der Waals surface area contributed by atoms with Crippen molar-refractivity contribution in [1.82, 2.24) is 4.98 Å². The Morgan fingerprint density at radius 1 is 1.40 bits per heavy atom. The van der Waals surface area contributed by atoms with Crippen LogP contribution in [0.2, 0.25) is 0 Å². The average molecular weight is 239 g/mol. The van der Waals surface area contributed by atoms with Crippen LogP contribution in [-0.4, -0.2) is 16.3 Å². The predicted octanol–water partition coefficient (Wildman–Crippen LogP) is 2.87. The summed E-state index contributed by atoms with van der Waals surface area (Å²) in [5.74, 6) is 0. The number of alkyl halides is 3. The fraction of sp³-hybridized carbons (Fsp3) is 0.667. The highest BCUT2D eigenvalue weighted by Gasteiger charge is 2.54. The van der Waals surface area contributed by atoms with E-state index in [1.807, 2.05) is 0 Å². The second-order valence-electron chi connectivity index (χ2n) is 3.18. The van der Waals surface area contributed by atoms with Gasteiger partial charge in [0.05, 0.1) is 9.88 Å². The second kappa shape index (κ2) is 4.09. The zero-order valence-electron chi connectivity index (χ0n) is 8.43. The quantitative estimate of drug-likeness (QED) is 0.879. The van der Waals surface area contributed by atoms with E-state index in [1.54, 1.807) is 6.92 Å². The molecule has 0 aliphatic carbocycles. The van der Waals surface area contributed by atoms with Gasteiger partial charge in [-0.3, -0.25) is 0 Å². The van der Waals surface area contributed by atoms with Crippen molar-refractivity contribution in [3.05, 3.63) is 16.1 Å². The van der Waals surface area contributed by atoms with E-state index < -0.39 is 18.2 Å². The highest BCUT2D eigenvalue weighted by Crippen LogP contribution is 2.43. The Morgan fingerprint density at radius 2 is 2.00 bits per heavy atom. The van der Waals surface area contributed by atoms with Crippen LogP contribution < -0.4 is 0 Å². The summed E-state index contributed by atoms with van der Waals surface area (Å²) in [6, 6.07) is 0. The predicted molar refractivity (Wildman–Crippen MR) is 51.7 cm³/mol. The largest absolute Gasteiger partial charge is 0.422 e. The average Bonchev–Trinajstić information content (AvgIpc) is 2.63. The number of hydrogen-bond acceptors (Lipinski definition) is 3. The van der Waals surface area contributed by atoms with Gasteiger partial charge in [-0.1, -0.05) is 13.8 Å². The summed E-state index contributed by atoms with van der Waals surface area (Å²) >= 11 is 0.910. The Hall–Kier alpha value is -0.620. The van der Waals surface area contributed by atoms with Crippen molar-refractivity contribution in [1.29, 1.82) is 0 Å². The van der Waals surface area contributed by atoms with Crippen molar-refractivity contribution in [3.8, 4) is 0 Å². The number of aryl methyl sites for hydroxylation is 1. The molecule has 0 bridgehead atoms. The zero-order valence-corrected chi connectivity index (χ0v) is 9.24. The SMILES string of the molecule is CCc1ncc(C(O)(CC)C(F)(F)F)s1. The molecule has 0 radical (unpaired) electrons. The van der Waals surface area contributed by atoms with E-state index >= 15 is 0 Å². The fourth-order valence-electron chi connectivity index (χ4n) is 1.18. The Bertz CT molecular complexity index is 336. The van der Waals surface area contributed by atoms with Crippen molar-refractivity contribution in [3.63, 3.8) is 0 Å². The van der Waals surface area contributed by atoms with Crippen LogP contribution in [0.3, 0.4) is 0 Å². The maximum Gasteiger partial charge on any atom is 0.422 e. The number of halogens is 3. The van der Waals surface area contributed by atoms with Crippen molar-refractivity contribution >= 4 is 11.3 Å². The molecule has 1 aromatic rings. The van der Waals surface area contributed by atoms with Gasteiger partial charge in [0.25, 0.3) is 0 Å². The Labute approximate surface area is 89.8 Å². The molecule has 0 aliphatic heterocycles. The third kappa shape index (κ3) is 2.15. The lowest BCUT2D eigenvalue weighted by Gasteiger charge is -2.27. The van der Waals surface area contributed by atoms with Gasteiger partial charge in [0.2, 0.25) is 0 Å². The van der Waals surface area contributed by atoms with Gasteiger partial charge in [-0.2, -0.15) is 13.2 Å². The monoisotopic (exact) mass is 239 g/mol. The molecule has 0 spiro atoms. The standard InChI is InChI=1S/C9H12F3NOS/c1-3-7-13-5-6(15-7)8(14,4-2)9(10,11)12/h5,14H,3-4H2,1-2H3. The molecule has 2 nitrogen and oxygen atoms in total. The first-order valence-corrected chi connectivity index (χ1v) is 5.41. The molecule has 0 amide bonds. The van der Waals surface area contributed by atoms with Crippen LogP contribution in [0.25, 0.3) is 0 Å². The van der Waals surface area contributed by atoms with Gasteiger partial charge in [0, 0.05) is 6.20 Å². The van der Waals surface area contributed by atoms with E-state index in [4.69, 9.17) is 0 Å². The van der Waals surface area contributed by atoms with Gasteiger partial charge in [0.1, 0.15) is 0 Å². The van der Waals surface area contributed by atoms with E-state index in [0.29, 0.717) is 11.4 Å². The Kier molecular flexibility index (Phi) is 3.40. The molecule has 86 valence electrons. The minimum atomic E-state index is -4.65. The van der Waals surface area contributed by atoms with Gasteiger partial charge in [-0.15, -0.1) is 11.3 Å². The lowest BCUT2D eigenvalue weighted by atomic mass is 9.99. The molecule has 1 N–H and O–H groups in total. The first kappa shape index (κ1) is 12.4. The van der Waals surface area contributed by atoms with Crippen LogP contribution in [0.5, 0.6) is 0 Å². The summed E-state index contributed by atoms with van der Waals surface area (Å²) in [5.41, 5.74) is -2.75. The van der Waals surface area contributed by atoms with E-state index in [0.717, 1.165) is 17.5 Å². The molecule has 0 aliphatic rings. The lowest BCUT2D eigenvalue weighted by molar-refractivity contribution is -0.266. The fourth-order valence-corrected chi connectivity index (χ4v) is 2.22. The molecule has 0 saturated carbocycles. The molecule has 15 heavy (non-hydrogen) atoms. The second-order valence-corrected chi connectivity index (χ2v) is 4.30. The first-order valence-electron chi connectivity index (χ1n) is 4.59. The first-order chi connectivity index (χ1) is 6.85. The maximum absolute atomic E-state index is 12.6. The molecule has 0 fully saturated rings. The summed E-state index contributed by atoms with van der Waals surface area (Å²) in [6.45, 7) is 3.11. The minimum absolute atomic E-state index is 0.130. The molecular formula is C9H12F3NOS. The van der Waals surface area contributed by atoms with Gasteiger partial charge in [0.15, 0.2) is 5.60 Å². The smallest absolute Gasteiger partial charge is 0.376 e. The summed E-state index contributed by atoms with van der Waals surface area (Å²) in [7, 11) is 0. The Morgan fingerprint density at radius 3 is 2.33 bits per heavy atom. The van der Waals surface area contributed by atoms with E-state index in [1.165, 1.54) is 6.92 Å². The number of hydrogen-bond donors (Lipinski definition) is 1. The summed E-state index contributed by atoms with van der Waals surface area (Å²) in [4.78, 5) is 3.69. The number of aromatic nitrogens is 1. The number of aliphatic hydroxyl groups is 1. The van der Waals surface area contributed by atoms with Crippen molar-refractivity contribution in [2.24, 2.45) is 0 Å². The molecule has 1 rings (SSSR count). The molecule has 1 atom stereocenters. The summed E-state index contributed by atoms with van der Waals surface area (Å²) in [6.07, 6.45) is -3.37. The van der Waals surface area contributed by atoms with Crippen LogP contribution >= 0.6 is 11.3 Å². The van der Waals surface area contributed by atoms with Gasteiger partial charge in [-0.05, 0) is 12.8 Å². The minimum Gasteiger partial charge on any atom is -0.376 e. The molecule has 0 saturated heterocycles. The number of thiazole rings is 1. The highest BCUT2D eigenvalue weighted by molar-refractivity contribution is 7.11. The van der Waals surface area contributed by atoms with Crippen LogP contribution in [0.4, 0.5) is 13.2 Å². The van der Waals surface area contributed by atoms with Crippen molar-refractivity contribution in [2.45, 2.75) is 38.5 Å². The van der Waals surface area contributed by atoms with Gasteiger partial charge < -0.3 is 5.11 Å². The van der Waals surface area contributed by atoms with Crippen molar-refractivity contribution < 1.29 is 18.3 Å². The molecule has 0 aromatic carbocycles. The third-order valence-electron chi connectivity index (χ3n) is 2.24. The van der Waals surface area contributed by atoms with Gasteiger partial charge >= 0.3 is 6.18 Å². The molecule has 1 heterocycles. The lowest BCUT2D eigenvalue weighted by Crippen LogP contribution is -2.40. The van der Waals surface area contributed by atoms with Crippen LogP contribution in [0.1, 0.15) is 30.2 Å². The topological polar surface area (TPSA) is 33.1 Å². The Balaban J connectivity index is 3.11. The van der Waals surface area contributed by atoms with Crippen LogP contribution in [0, 0.1) is 0 Å². The highest BCUT2D eigenvalue weighted by atomic mass is 32.1. The molecule has 1 unspecified atom stereocenters.